The van der Waals surface area contributed by atoms with Crippen LogP contribution in [-0.4, -0.2) is 19.5 Å². The molecule has 260 valence electrons. The molecule has 0 atom stereocenters. The third-order valence-corrected chi connectivity index (χ3v) is 11.2. The lowest BCUT2D eigenvalue weighted by atomic mass is 9.94. The van der Waals surface area contributed by atoms with Gasteiger partial charge in [0.1, 0.15) is 11.2 Å². The second-order valence-electron chi connectivity index (χ2n) is 14.3. The maximum absolute atomic E-state index is 6.78. The van der Waals surface area contributed by atoms with Crippen molar-refractivity contribution >= 4 is 76.1 Å². The number of para-hydroxylation sites is 1. The van der Waals surface area contributed by atoms with Gasteiger partial charge in [0.25, 0.3) is 0 Å². The third kappa shape index (κ3) is 4.52. The summed E-state index contributed by atoms with van der Waals surface area (Å²) in [6.07, 6.45) is 0. The molecule has 0 spiro atoms. The third-order valence-electron chi connectivity index (χ3n) is 11.2. The molecular weight excluding hydrogens is 685 g/mol. The van der Waals surface area contributed by atoms with Crippen molar-refractivity contribution in [2.75, 3.05) is 0 Å². The van der Waals surface area contributed by atoms with Crippen molar-refractivity contribution in [2.45, 2.75) is 0 Å². The summed E-state index contributed by atoms with van der Waals surface area (Å²) in [6, 6.07) is 63.7. The van der Waals surface area contributed by atoms with Crippen LogP contribution in [0.5, 0.6) is 0 Å². The zero-order valence-corrected chi connectivity index (χ0v) is 30.0. The molecule has 0 amide bonds. The van der Waals surface area contributed by atoms with Crippen LogP contribution in [-0.2, 0) is 0 Å². The maximum Gasteiger partial charge on any atom is 0.164 e. The van der Waals surface area contributed by atoms with E-state index in [-0.39, 0.29) is 0 Å². The fraction of sp³-hybridized carbons (Fsp3) is 0. The standard InChI is InChI=1S/C51H30N4O/c1-3-14-32(15-4-1)49-52-50(33-16-5-2-6-17-33)54-51(53-49)34-18-13-19-35(30-34)55-42-29-27-31-26-28-41-38-22-11-12-25-43(38)56-48(41)44(31)46(42)45-39-23-9-7-20-36(39)37-21-8-10-24-40(37)47(45)55/h1-30H. The molecule has 0 aliphatic rings. The Bertz CT molecular complexity index is 3470. The van der Waals surface area contributed by atoms with E-state index in [2.05, 4.69) is 120 Å². The van der Waals surface area contributed by atoms with Gasteiger partial charge in [0.2, 0.25) is 0 Å². The van der Waals surface area contributed by atoms with Crippen molar-refractivity contribution in [2.24, 2.45) is 0 Å². The first-order valence-corrected chi connectivity index (χ1v) is 18.9. The molecule has 0 aliphatic carbocycles. The van der Waals surface area contributed by atoms with Gasteiger partial charge in [0, 0.05) is 54.7 Å². The molecule has 0 saturated carbocycles. The first-order valence-electron chi connectivity index (χ1n) is 18.9. The molecule has 0 saturated heterocycles. The summed E-state index contributed by atoms with van der Waals surface area (Å²) in [5, 5.41) is 11.7. The highest BCUT2D eigenvalue weighted by Crippen LogP contribution is 2.47. The number of rotatable bonds is 4. The van der Waals surface area contributed by atoms with Gasteiger partial charge in [-0.1, -0.05) is 152 Å². The van der Waals surface area contributed by atoms with Gasteiger partial charge >= 0.3 is 0 Å². The van der Waals surface area contributed by atoms with E-state index in [0.717, 1.165) is 66.1 Å². The molecule has 0 radical (unpaired) electrons. The minimum atomic E-state index is 0.616. The Balaban J connectivity index is 1.21. The summed E-state index contributed by atoms with van der Waals surface area (Å²) in [6.45, 7) is 0. The van der Waals surface area contributed by atoms with Crippen molar-refractivity contribution in [1.82, 2.24) is 19.5 Å². The summed E-state index contributed by atoms with van der Waals surface area (Å²) in [7, 11) is 0. The zero-order chi connectivity index (χ0) is 36.7. The van der Waals surface area contributed by atoms with Crippen LogP contribution >= 0.6 is 0 Å². The first kappa shape index (κ1) is 30.8. The average Bonchev–Trinajstić information content (AvgIpc) is 3.84. The van der Waals surface area contributed by atoms with Crippen LogP contribution in [0.1, 0.15) is 0 Å². The van der Waals surface area contributed by atoms with Crippen LogP contribution in [0, 0.1) is 0 Å². The highest BCUT2D eigenvalue weighted by molar-refractivity contribution is 6.38. The molecule has 12 rings (SSSR count). The van der Waals surface area contributed by atoms with Gasteiger partial charge in [0.05, 0.1) is 11.0 Å². The summed E-state index contributed by atoms with van der Waals surface area (Å²) in [5.41, 5.74) is 7.85. The number of furan rings is 1. The van der Waals surface area contributed by atoms with Crippen LogP contribution in [0.2, 0.25) is 0 Å². The molecule has 0 N–H and O–H groups in total. The quantitative estimate of drug-likeness (QED) is 0.170. The summed E-state index contributed by atoms with van der Waals surface area (Å²) in [4.78, 5) is 15.1. The topological polar surface area (TPSA) is 56.7 Å². The Kier molecular flexibility index (Phi) is 6.56. The number of hydrogen-bond donors (Lipinski definition) is 0. The van der Waals surface area contributed by atoms with Gasteiger partial charge in [-0.15, -0.1) is 0 Å². The molecular formula is C51H30N4O. The lowest BCUT2D eigenvalue weighted by Crippen LogP contribution is -2.01. The SMILES string of the molecule is c1ccc(-c2nc(-c3ccccc3)nc(-c3cccc(-n4c5ccc6ccc7c8ccccc8oc7c6c5c5c6ccccc6c6ccccc6c54)c3)n2)cc1. The fourth-order valence-corrected chi connectivity index (χ4v) is 8.74. The molecule has 5 heteroatoms. The van der Waals surface area contributed by atoms with E-state index in [0.29, 0.717) is 17.5 Å². The Labute approximate surface area is 320 Å². The molecule has 5 nitrogen and oxygen atoms in total. The fourth-order valence-electron chi connectivity index (χ4n) is 8.74. The molecule has 0 bridgehead atoms. The van der Waals surface area contributed by atoms with E-state index >= 15 is 0 Å². The lowest BCUT2D eigenvalue weighted by molar-refractivity contribution is 0.673. The number of benzene rings is 9. The van der Waals surface area contributed by atoms with Crippen molar-refractivity contribution < 1.29 is 4.42 Å². The first-order chi connectivity index (χ1) is 27.8. The molecule has 12 aromatic rings. The van der Waals surface area contributed by atoms with E-state index in [4.69, 9.17) is 19.4 Å². The number of aromatic nitrogens is 4. The number of hydrogen-bond acceptors (Lipinski definition) is 4. The predicted octanol–water partition coefficient (Wildman–Crippen LogP) is 13.3. The Hall–Kier alpha value is -7.63. The van der Waals surface area contributed by atoms with Gasteiger partial charge < -0.3 is 8.98 Å². The predicted molar refractivity (Wildman–Crippen MR) is 230 cm³/mol. The highest BCUT2D eigenvalue weighted by atomic mass is 16.3. The van der Waals surface area contributed by atoms with Crippen LogP contribution in [0.3, 0.4) is 0 Å². The zero-order valence-electron chi connectivity index (χ0n) is 30.0. The Morgan fingerprint density at radius 1 is 0.375 bits per heavy atom. The monoisotopic (exact) mass is 714 g/mol. The van der Waals surface area contributed by atoms with Gasteiger partial charge in [-0.25, -0.2) is 15.0 Å². The summed E-state index contributed by atoms with van der Waals surface area (Å²) >= 11 is 0. The van der Waals surface area contributed by atoms with Crippen LogP contribution in [0.25, 0.3) is 116 Å². The van der Waals surface area contributed by atoms with E-state index in [9.17, 15) is 0 Å². The minimum Gasteiger partial charge on any atom is -0.455 e. The van der Waals surface area contributed by atoms with E-state index in [1.165, 1.54) is 32.3 Å². The van der Waals surface area contributed by atoms with E-state index in [1.54, 1.807) is 0 Å². The van der Waals surface area contributed by atoms with Crippen molar-refractivity contribution in [3.8, 4) is 39.9 Å². The van der Waals surface area contributed by atoms with Gasteiger partial charge in [0.15, 0.2) is 17.5 Å². The largest absolute Gasteiger partial charge is 0.455 e. The van der Waals surface area contributed by atoms with Crippen molar-refractivity contribution in [1.29, 1.82) is 0 Å². The van der Waals surface area contributed by atoms with Gasteiger partial charge in [-0.2, -0.15) is 0 Å². The maximum atomic E-state index is 6.78. The molecule has 56 heavy (non-hydrogen) atoms. The van der Waals surface area contributed by atoms with Crippen LogP contribution < -0.4 is 0 Å². The summed E-state index contributed by atoms with van der Waals surface area (Å²) < 4.78 is 9.21. The molecule has 9 aromatic carbocycles. The van der Waals surface area contributed by atoms with Crippen LogP contribution in [0.4, 0.5) is 0 Å². The molecule has 0 fully saturated rings. The number of nitrogens with zero attached hydrogens (tertiary/aromatic N) is 4. The van der Waals surface area contributed by atoms with Crippen molar-refractivity contribution in [3.05, 3.63) is 182 Å². The van der Waals surface area contributed by atoms with Crippen molar-refractivity contribution in [3.63, 3.8) is 0 Å². The molecule has 0 aliphatic heterocycles. The Morgan fingerprint density at radius 3 is 1.64 bits per heavy atom. The molecule has 3 heterocycles. The Morgan fingerprint density at radius 2 is 0.929 bits per heavy atom. The van der Waals surface area contributed by atoms with E-state index < -0.39 is 0 Å². The van der Waals surface area contributed by atoms with Crippen LogP contribution in [0.15, 0.2) is 186 Å². The highest BCUT2D eigenvalue weighted by Gasteiger charge is 2.23. The molecule has 3 aromatic heterocycles. The van der Waals surface area contributed by atoms with E-state index in [1.807, 2.05) is 66.7 Å². The minimum absolute atomic E-state index is 0.616. The normalized spacial score (nSPS) is 11.9. The van der Waals surface area contributed by atoms with Gasteiger partial charge in [-0.05, 0) is 51.9 Å². The summed E-state index contributed by atoms with van der Waals surface area (Å²) in [5.74, 6) is 1.89. The van der Waals surface area contributed by atoms with Gasteiger partial charge in [-0.3, -0.25) is 0 Å². The second-order valence-corrected chi connectivity index (χ2v) is 14.3. The second kappa shape index (κ2) is 11.9. The molecule has 0 unspecified atom stereocenters. The lowest BCUT2D eigenvalue weighted by Gasteiger charge is -2.13. The number of fused-ring (bicyclic) bond motifs is 14. The average molecular weight is 715 g/mol. The smallest absolute Gasteiger partial charge is 0.164 e.